The van der Waals surface area contributed by atoms with Gasteiger partial charge in [0, 0.05) is 12.6 Å². The molecule has 1 aliphatic heterocycles. The highest BCUT2D eigenvalue weighted by molar-refractivity contribution is 5.79. The molecule has 0 spiro atoms. The van der Waals surface area contributed by atoms with Crippen LogP contribution in [0.15, 0.2) is 0 Å². The first-order valence-corrected chi connectivity index (χ1v) is 6.74. The van der Waals surface area contributed by atoms with Gasteiger partial charge in [-0.3, -0.25) is 4.79 Å². The summed E-state index contributed by atoms with van der Waals surface area (Å²) < 4.78 is 0. The predicted molar refractivity (Wildman–Crippen MR) is 65.2 cm³/mol. The van der Waals surface area contributed by atoms with E-state index in [2.05, 4.69) is 17.3 Å². The fourth-order valence-corrected chi connectivity index (χ4v) is 2.95. The maximum Gasteiger partial charge on any atom is 0.224 e. The molecule has 1 saturated carbocycles. The Hall–Kier alpha value is -0.570. The fourth-order valence-electron chi connectivity index (χ4n) is 2.95. The molecule has 1 atom stereocenters. The second kappa shape index (κ2) is 5.67. The lowest BCUT2D eigenvalue weighted by molar-refractivity contribution is -0.127. The number of hydrogen-bond donors (Lipinski definition) is 1. The first kappa shape index (κ1) is 11.9. The van der Waals surface area contributed by atoms with Gasteiger partial charge < -0.3 is 10.2 Å². The van der Waals surface area contributed by atoms with Gasteiger partial charge in [0.15, 0.2) is 0 Å². The fraction of sp³-hybridized carbons (Fsp3) is 0.923. The summed E-state index contributed by atoms with van der Waals surface area (Å²) in [5.41, 5.74) is 0. The van der Waals surface area contributed by atoms with Crippen LogP contribution in [0.4, 0.5) is 0 Å². The molecule has 1 heterocycles. The molecule has 0 aromatic heterocycles. The van der Waals surface area contributed by atoms with Crippen LogP contribution in [0.1, 0.15) is 44.9 Å². The second-order valence-corrected chi connectivity index (χ2v) is 5.44. The van der Waals surface area contributed by atoms with Crippen molar-refractivity contribution in [1.82, 2.24) is 10.2 Å². The zero-order valence-electron chi connectivity index (χ0n) is 10.4. The van der Waals surface area contributed by atoms with E-state index in [1.165, 1.54) is 38.5 Å². The van der Waals surface area contributed by atoms with Crippen molar-refractivity contribution in [3.8, 4) is 0 Å². The molecule has 1 unspecified atom stereocenters. The standard InChI is InChI=1S/C13H24N2O/c1-15-9-5-6-11(10-15)13(16)14-12-7-3-2-4-8-12/h11-12H,2-10H2,1H3,(H,14,16). The summed E-state index contributed by atoms with van der Waals surface area (Å²) in [7, 11) is 2.11. The third kappa shape index (κ3) is 3.21. The van der Waals surface area contributed by atoms with Gasteiger partial charge in [0.25, 0.3) is 0 Å². The second-order valence-electron chi connectivity index (χ2n) is 5.44. The lowest BCUT2D eigenvalue weighted by Crippen LogP contribution is -2.45. The Kier molecular flexibility index (Phi) is 4.22. The molecule has 0 aromatic carbocycles. The van der Waals surface area contributed by atoms with Crippen molar-refractivity contribution >= 4 is 5.91 Å². The Labute approximate surface area is 98.6 Å². The highest BCUT2D eigenvalue weighted by atomic mass is 16.2. The smallest absolute Gasteiger partial charge is 0.224 e. The Morgan fingerprint density at radius 2 is 1.88 bits per heavy atom. The van der Waals surface area contributed by atoms with Crippen LogP contribution < -0.4 is 5.32 Å². The summed E-state index contributed by atoms with van der Waals surface area (Å²) in [6.07, 6.45) is 8.54. The summed E-state index contributed by atoms with van der Waals surface area (Å²) in [6.45, 7) is 2.09. The minimum Gasteiger partial charge on any atom is -0.353 e. The van der Waals surface area contributed by atoms with Gasteiger partial charge in [-0.05, 0) is 39.3 Å². The molecule has 16 heavy (non-hydrogen) atoms. The Balaban J connectivity index is 1.77. The van der Waals surface area contributed by atoms with Gasteiger partial charge in [0.1, 0.15) is 0 Å². The molecule has 3 heteroatoms. The molecule has 0 bridgehead atoms. The molecule has 2 fully saturated rings. The zero-order chi connectivity index (χ0) is 11.4. The van der Waals surface area contributed by atoms with Crippen LogP contribution in [-0.4, -0.2) is 37.0 Å². The Morgan fingerprint density at radius 3 is 2.56 bits per heavy atom. The predicted octanol–water partition coefficient (Wildman–Crippen LogP) is 1.78. The molecular formula is C13H24N2O. The Bertz CT molecular complexity index is 236. The summed E-state index contributed by atoms with van der Waals surface area (Å²) in [6, 6.07) is 0.466. The number of hydrogen-bond acceptors (Lipinski definition) is 2. The molecule has 92 valence electrons. The minimum atomic E-state index is 0.237. The van der Waals surface area contributed by atoms with Gasteiger partial charge in [0.2, 0.25) is 5.91 Å². The van der Waals surface area contributed by atoms with E-state index >= 15 is 0 Å². The van der Waals surface area contributed by atoms with Crippen molar-refractivity contribution in [1.29, 1.82) is 0 Å². The maximum absolute atomic E-state index is 12.1. The van der Waals surface area contributed by atoms with Crippen molar-refractivity contribution in [3.05, 3.63) is 0 Å². The molecule has 0 aromatic rings. The van der Waals surface area contributed by atoms with E-state index in [0.29, 0.717) is 11.9 Å². The molecule has 0 radical (unpaired) electrons. The lowest BCUT2D eigenvalue weighted by Gasteiger charge is -2.31. The van der Waals surface area contributed by atoms with Crippen molar-refractivity contribution < 1.29 is 4.79 Å². The van der Waals surface area contributed by atoms with Crippen LogP contribution in [0.5, 0.6) is 0 Å². The molecule has 2 rings (SSSR count). The van der Waals surface area contributed by atoms with E-state index in [1.54, 1.807) is 0 Å². The van der Waals surface area contributed by atoms with Crippen molar-refractivity contribution in [2.75, 3.05) is 20.1 Å². The van der Waals surface area contributed by atoms with E-state index in [-0.39, 0.29) is 5.92 Å². The molecular weight excluding hydrogens is 200 g/mol. The third-order valence-corrected chi connectivity index (χ3v) is 3.95. The minimum absolute atomic E-state index is 0.237. The highest BCUT2D eigenvalue weighted by Gasteiger charge is 2.25. The van der Waals surface area contributed by atoms with Gasteiger partial charge in [-0.15, -0.1) is 0 Å². The molecule has 1 amide bonds. The number of piperidine rings is 1. The van der Waals surface area contributed by atoms with Crippen LogP contribution in [0.2, 0.25) is 0 Å². The largest absolute Gasteiger partial charge is 0.353 e. The first-order valence-electron chi connectivity index (χ1n) is 6.74. The van der Waals surface area contributed by atoms with Gasteiger partial charge in [0.05, 0.1) is 5.92 Å². The summed E-state index contributed by atoms with van der Waals surface area (Å²) in [5, 5.41) is 3.24. The number of amides is 1. The zero-order valence-corrected chi connectivity index (χ0v) is 10.4. The normalized spacial score (nSPS) is 28.9. The number of nitrogens with one attached hydrogen (secondary N) is 1. The van der Waals surface area contributed by atoms with Crippen molar-refractivity contribution in [2.45, 2.75) is 51.0 Å². The molecule has 1 saturated heterocycles. The van der Waals surface area contributed by atoms with Crippen molar-refractivity contribution in [3.63, 3.8) is 0 Å². The third-order valence-electron chi connectivity index (χ3n) is 3.95. The van der Waals surface area contributed by atoms with Gasteiger partial charge in [-0.2, -0.15) is 0 Å². The van der Waals surface area contributed by atoms with E-state index in [0.717, 1.165) is 19.5 Å². The monoisotopic (exact) mass is 224 g/mol. The summed E-state index contributed by atoms with van der Waals surface area (Å²) in [4.78, 5) is 14.3. The lowest BCUT2D eigenvalue weighted by atomic mass is 9.93. The number of likely N-dealkylation sites (tertiary alicyclic amines) is 1. The van der Waals surface area contributed by atoms with E-state index in [1.807, 2.05) is 0 Å². The van der Waals surface area contributed by atoms with E-state index in [9.17, 15) is 4.79 Å². The Morgan fingerprint density at radius 1 is 1.12 bits per heavy atom. The van der Waals surface area contributed by atoms with Gasteiger partial charge in [-0.1, -0.05) is 19.3 Å². The maximum atomic E-state index is 12.1. The number of nitrogens with zero attached hydrogens (tertiary/aromatic N) is 1. The first-order chi connectivity index (χ1) is 7.75. The highest BCUT2D eigenvalue weighted by Crippen LogP contribution is 2.20. The van der Waals surface area contributed by atoms with Gasteiger partial charge >= 0.3 is 0 Å². The molecule has 1 aliphatic carbocycles. The van der Waals surface area contributed by atoms with E-state index in [4.69, 9.17) is 0 Å². The quantitative estimate of drug-likeness (QED) is 0.775. The number of carbonyl (C=O) groups excluding carboxylic acids is 1. The van der Waals surface area contributed by atoms with Crippen LogP contribution >= 0.6 is 0 Å². The molecule has 1 N–H and O–H groups in total. The van der Waals surface area contributed by atoms with Crippen LogP contribution in [-0.2, 0) is 4.79 Å². The number of carbonyl (C=O) groups is 1. The average molecular weight is 224 g/mol. The van der Waals surface area contributed by atoms with Crippen LogP contribution in [0.25, 0.3) is 0 Å². The average Bonchev–Trinajstić information content (AvgIpc) is 2.30. The SMILES string of the molecule is CN1CCCC(C(=O)NC2CCCCC2)C1. The van der Waals surface area contributed by atoms with Crippen LogP contribution in [0, 0.1) is 5.92 Å². The van der Waals surface area contributed by atoms with Gasteiger partial charge in [-0.25, -0.2) is 0 Å². The van der Waals surface area contributed by atoms with Crippen LogP contribution in [0.3, 0.4) is 0 Å². The van der Waals surface area contributed by atoms with Crippen molar-refractivity contribution in [2.24, 2.45) is 5.92 Å². The number of rotatable bonds is 2. The molecule has 3 nitrogen and oxygen atoms in total. The summed E-state index contributed by atoms with van der Waals surface area (Å²) in [5.74, 6) is 0.541. The van der Waals surface area contributed by atoms with E-state index < -0.39 is 0 Å². The summed E-state index contributed by atoms with van der Waals surface area (Å²) >= 11 is 0. The molecule has 2 aliphatic rings. The topological polar surface area (TPSA) is 32.3 Å².